The second-order valence-electron chi connectivity index (χ2n) is 6.18. The van der Waals surface area contributed by atoms with Gasteiger partial charge in [-0.2, -0.15) is 5.26 Å². The van der Waals surface area contributed by atoms with Crippen molar-refractivity contribution in [3.8, 4) is 6.07 Å². The van der Waals surface area contributed by atoms with Crippen LogP contribution >= 0.6 is 11.3 Å². The molecule has 3 aromatic carbocycles. The van der Waals surface area contributed by atoms with E-state index in [0.29, 0.717) is 10.6 Å². The fourth-order valence-electron chi connectivity index (χ4n) is 2.94. The Balaban J connectivity index is 1.65. The molecule has 27 heavy (non-hydrogen) atoms. The van der Waals surface area contributed by atoms with Crippen molar-refractivity contribution in [3.05, 3.63) is 101 Å². The predicted octanol–water partition coefficient (Wildman–Crippen LogP) is 5.84. The molecule has 0 saturated carbocycles. The topological polar surface area (TPSA) is 56.9 Å². The number of hydrogen-bond donors (Lipinski definition) is 1. The van der Waals surface area contributed by atoms with E-state index in [0.717, 1.165) is 22.2 Å². The van der Waals surface area contributed by atoms with Gasteiger partial charge in [0, 0.05) is 5.56 Å². The Morgan fingerprint density at radius 2 is 1.56 bits per heavy atom. The van der Waals surface area contributed by atoms with Crippen molar-refractivity contribution in [2.24, 2.45) is 0 Å². The first kappa shape index (κ1) is 17.0. The van der Waals surface area contributed by atoms with E-state index in [9.17, 15) is 10.4 Å². The normalized spacial score (nSPS) is 11.8. The zero-order valence-electron chi connectivity index (χ0n) is 14.5. The van der Waals surface area contributed by atoms with Gasteiger partial charge < -0.3 is 5.11 Å². The Bertz CT molecular complexity index is 1120. The molecular weight excluding hydrogens is 352 g/mol. The second-order valence-corrected chi connectivity index (χ2v) is 7.21. The van der Waals surface area contributed by atoms with Gasteiger partial charge in [-0.05, 0) is 29.7 Å². The molecular formula is C23H16N2OS. The van der Waals surface area contributed by atoms with E-state index in [1.54, 1.807) is 0 Å². The molecule has 4 aromatic rings. The van der Waals surface area contributed by atoms with Gasteiger partial charge in [0.2, 0.25) is 0 Å². The molecule has 0 radical (unpaired) electrons. The molecule has 0 aliphatic heterocycles. The van der Waals surface area contributed by atoms with Crippen LogP contribution in [-0.4, -0.2) is 10.1 Å². The van der Waals surface area contributed by atoms with E-state index >= 15 is 0 Å². The molecule has 1 aromatic heterocycles. The number of thiazole rings is 1. The number of aliphatic hydroxyl groups is 1. The zero-order valence-corrected chi connectivity index (χ0v) is 15.3. The van der Waals surface area contributed by atoms with Crippen molar-refractivity contribution >= 4 is 32.9 Å². The van der Waals surface area contributed by atoms with Crippen molar-refractivity contribution in [2.45, 2.75) is 6.42 Å². The van der Waals surface area contributed by atoms with Crippen molar-refractivity contribution in [1.82, 2.24) is 4.98 Å². The average molecular weight is 368 g/mol. The first-order chi connectivity index (χ1) is 13.2. The largest absolute Gasteiger partial charge is 0.506 e. The lowest BCUT2D eigenvalue weighted by atomic mass is 10.0. The third-order valence-electron chi connectivity index (χ3n) is 4.33. The molecule has 0 atom stereocenters. The summed E-state index contributed by atoms with van der Waals surface area (Å²) in [6.45, 7) is 0. The molecule has 1 N–H and O–H groups in total. The number of rotatable bonds is 4. The minimum Gasteiger partial charge on any atom is -0.506 e. The highest BCUT2D eigenvalue weighted by Gasteiger charge is 2.15. The number of nitrogens with zero attached hydrogens (tertiary/aromatic N) is 2. The minimum absolute atomic E-state index is 0.0391. The molecule has 0 unspecified atom stereocenters. The van der Waals surface area contributed by atoms with Gasteiger partial charge >= 0.3 is 0 Å². The number of fused-ring (bicyclic) bond motifs is 1. The van der Waals surface area contributed by atoms with Crippen LogP contribution in [0.2, 0.25) is 0 Å². The molecule has 0 amide bonds. The van der Waals surface area contributed by atoms with Crippen molar-refractivity contribution < 1.29 is 5.11 Å². The molecule has 0 aliphatic rings. The van der Waals surface area contributed by atoms with E-state index in [1.165, 1.54) is 16.9 Å². The third kappa shape index (κ3) is 3.59. The summed E-state index contributed by atoms with van der Waals surface area (Å²) in [5.41, 5.74) is 4.03. The van der Waals surface area contributed by atoms with Gasteiger partial charge in [-0.3, -0.25) is 0 Å². The van der Waals surface area contributed by atoms with Crippen LogP contribution in [-0.2, 0) is 6.42 Å². The molecule has 3 nitrogen and oxygen atoms in total. The Morgan fingerprint density at radius 1 is 0.889 bits per heavy atom. The quantitative estimate of drug-likeness (QED) is 0.364. The third-order valence-corrected chi connectivity index (χ3v) is 5.39. The highest BCUT2D eigenvalue weighted by molar-refractivity contribution is 7.19. The summed E-state index contributed by atoms with van der Waals surface area (Å²) in [5.74, 6) is -0.0391. The van der Waals surface area contributed by atoms with Gasteiger partial charge in [0.25, 0.3) is 0 Å². The lowest BCUT2D eigenvalue weighted by Crippen LogP contribution is -1.92. The minimum atomic E-state index is -0.0391. The molecule has 4 heteroatoms. The molecule has 1 heterocycles. The fraction of sp³-hybridized carbons (Fsp3) is 0.0435. The summed E-state index contributed by atoms with van der Waals surface area (Å²) in [6.07, 6.45) is 0.828. The second kappa shape index (κ2) is 7.45. The van der Waals surface area contributed by atoms with Crippen LogP contribution in [0.25, 0.3) is 21.5 Å². The lowest BCUT2D eigenvalue weighted by molar-refractivity contribution is 0.514. The Kier molecular flexibility index (Phi) is 4.69. The van der Waals surface area contributed by atoms with E-state index in [2.05, 4.69) is 23.2 Å². The first-order valence-corrected chi connectivity index (χ1v) is 9.39. The Hall–Kier alpha value is -3.42. The van der Waals surface area contributed by atoms with Crippen LogP contribution in [0, 0.1) is 11.3 Å². The summed E-state index contributed by atoms with van der Waals surface area (Å²) in [4.78, 5) is 4.48. The zero-order chi connectivity index (χ0) is 18.6. The number of hydrogen-bond acceptors (Lipinski definition) is 4. The maximum absolute atomic E-state index is 10.7. The summed E-state index contributed by atoms with van der Waals surface area (Å²) in [5, 5.41) is 20.8. The van der Waals surface area contributed by atoms with Gasteiger partial charge in [-0.1, -0.05) is 66.7 Å². The van der Waals surface area contributed by atoms with Crippen LogP contribution in [0.5, 0.6) is 0 Å². The smallest absolute Gasteiger partial charge is 0.143 e. The predicted molar refractivity (Wildman–Crippen MR) is 110 cm³/mol. The highest BCUT2D eigenvalue weighted by atomic mass is 32.1. The molecule has 0 saturated heterocycles. The van der Waals surface area contributed by atoms with E-state index < -0.39 is 0 Å². The fourth-order valence-corrected chi connectivity index (χ4v) is 3.90. The Morgan fingerprint density at radius 3 is 2.26 bits per heavy atom. The van der Waals surface area contributed by atoms with Crippen molar-refractivity contribution in [1.29, 1.82) is 5.26 Å². The average Bonchev–Trinajstić information content (AvgIpc) is 3.13. The molecule has 4 rings (SSSR count). The van der Waals surface area contributed by atoms with Crippen LogP contribution in [0.3, 0.4) is 0 Å². The number of aliphatic hydroxyl groups excluding tert-OH is 1. The maximum Gasteiger partial charge on any atom is 0.143 e. The summed E-state index contributed by atoms with van der Waals surface area (Å²) >= 11 is 1.41. The van der Waals surface area contributed by atoms with E-state index in [-0.39, 0.29) is 11.3 Å². The maximum atomic E-state index is 10.7. The van der Waals surface area contributed by atoms with Gasteiger partial charge in [-0.15, -0.1) is 11.3 Å². The van der Waals surface area contributed by atoms with Gasteiger partial charge in [0.05, 0.1) is 10.2 Å². The summed E-state index contributed by atoms with van der Waals surface area (Å²) in [6, 6.07) is 27.7. The number of para-hydroxylation sites is 1. The SMILES string of the molecule is N#C/C(=C(/O)c1ccc(Cc2ccccc2)cc1)c1nc2ccccc2s1. The first-order valence-electron chi connectivity index (χ1n) is 8.57. The van der Waals surface area contributed by atoms with Gasteiger partial charge in [0.1, 0.15) is 22.4 Å². The monoisotopic (exact) mass is 368 g/mol. The molecule has 0 fully saturated rings. The molecule has 0 aliphatic carbocycles. The number of nitriles is 1. The van der Waals surface area contributed by atoms with E-state index in [4.69, 9.17) is 0 Å². The van der Waals surface area contributed by atoms with Gasteiger partial charge in [0.15, 0.2) is 0 Å². The standard InChI is InChI=1S/C23H16N2OS/c24-15-19(23-25-20-8-4-5-9-21(20)27-23)22(26)18-12-10-17(11-13-18)14-16-6-2-1-3-7-16/h1-13,26H,14H2/b22-19-. The summed E-state index contributed by atoms with van der Waals surface area (Å²) < 4.78 is 0.992. The van der Waals surface area contributed by atoms with E-state index in [1.807, 2.05) is 66.7 Å². The lowest BCUT2D eigenvalue weighted by Gasteiger charge is -2.05. The summed E-state index contributed by atoms with van der Waals surface area (Å²) in [7, 11) is 0. The van der Waals surface area contributed by atoms with Crippen LogP contribution < -0.4 is 0 Å². The molecule has 0 spiro atoms. The van der Waals surface area contributed by atoms with Crippen LogP contribution in [0.15, 0.2) is 78.9 Å². The van der Waals surface area contributed by atoms with Crippen molar-refractivity contribution in [3.63, 3.8) is 0 Å². The number of benzene rings is 3. The van der Waals surface area contributed by atoms with Gasteiger partial charge in [-0.25, -0.2) is 4.98 Å². The molecule has 130 valence electrons. The molecule has 0 bridgehead atoms. The van der Waals surface area contributed by atoms with Crippen molar-refractivity contribution in [2.75, 3.05) is 0 Å². The van der Waals surface area contributed by atoms with Crippen LogP contribution in [0.1, 0.15) is 21.7 Å². The Labute approximate surface area is 161 Å². The highest BCUT2D eigenvalue weighted by Crippen LogP contribution is 2.31. The number of allylic oxidation sites excluding steroid dienone is 1. The van der Waals surface area contributed by atoms with Crippen LogP contribution in [0.4, 0.5) is 0 Å². The number of aromatic nitrogens is 1.